The maximum atomic E-state index is 13.1. The van der Waals surface area contributed by atoms with Crippen molar-refractivity contribution < 1.29 is 27.5 Å². The van der Waals surface area contributed by atoms with E-state index in [4.69, 9.17) is 0 Å². The molecule has 1 fully saturated rings. The van der Waals surface area contributed by atoms with E-state index in [0.717, 1.165) is 39.1 Å². The molecule has 4 rings (SSSR count). The van der Waals surface area contributed by atoms with Crippen molar-refractivity contribution in [3.05, 3.63) is 65.9 Å². The van der Waals surface area contributed by atoms with Crippen molar-refractivity contribution in [3.8, 4) is 5.75 Å². The van der Waals surface area contributed by atoms with E-state index >= 15 is 0 Å². The number of rotatable bonds is 4. The Balaban J connectivity index is 1.61. The number of urea groups is 1. The summed E-state index contributed by atoms with van der Waals surface area (Å²) in [5.74, 6) is -1.28. The Morgan fingerprint density at radius 3 is 2.48 bits per heavy atom. The highest BCUT2D eigenvalue weighted by Crippen LogP contribution is 2.33. The zero-order valence-corrected chi connectivity index (χ0v) is 16.6. The van der Waals surface area contributed by atoms with Gasteiger partial charge in [0.25, 0.3) is 5.91 Å². The molecule has 3 amide bonds. The van der Waals surface area contributed by atoms with Crippen LogP contribution in [0.25, 0.3) is 10.9 Å². The first-order chi connectivity index (χ1) is 14.7. The summed E-state index contributed by atoms with van der Waals surface area (Å²) in [6.45, 7) is 3.78. The minimum Gasteiger partial charge on any atom is -0.406 e. The van der Waals surface area contributed by atoms with Gasteiger partial charge in [0.05, 0.1) is 11.2 Å². The average Bonchev–Trinajstić information content (AvgIpc) is 3.01. The summed E-state index contributed by atoms with van der Waals surface area (Å²) in [4.78, 5) is 30.9. The molecule has 9 heteroatoms. The van der Waals surface area contributed by atoms with E-state index in [1.54, 1.807) is 6.20 Å². The van der Waals surface area contributed by atoms with Crippen LogP contribution in [0.4, 0.5) is 23.7 Å². The summed E-state index contributed by atoms with van der Waals surface area (Å²) in [5.41, 5.74) is 2.84. The number of fused-ring (bicyclic) bond motifs is 1. The van der Waals surface area contributed by atoms with E-state index in [2.05, 4.69) is 15.0 Å². The van der Waals surface area contributed by atoms with Crippen molar-refractivity contribution in [2.45, 2.75) is 32.2 Å². The second kappa shape index (κ2) is 7.57. The number of alkyl halides is 3. The smallest absolute Gasteiger partial charge is 0.406 e. The highest BCUT2D eigenvalue weighted by Gasteiger charge is 2.42. The monoisotopic (exact) mass is 429 g/mol. The normalized spacial score (nSPS) is 17.7. The Morgan fingerprint density at radius 2 is 1.81 bits per heavy atom. The molecular weight excluding hydrogens is 411 g/mol. The number of carbonyl (C=O) groups excluding carboxylic acids is 2. The molecule has 0 bridgehead atoms. The largest absolute Gasteiger partial charge is 0.573 e. The van der Waals surface area contributed by atoms with Gasteiger partial charge in [-0.3, -0.25) is 9.78 Å². The number of nitrogens with one attached hydrogen (secondary N) is 1. The van der Waals surface area contributed by atoms with Crippen molar-refractivity contribution in [1.82, 2.24) is 10.3 Å². The second-order valence-electron chi connectivity index (χ2n) is 7.30. The molecule has 0 saturated carbocycles. The molecule has 2 aromatic carbocycles. The van der Waals surface area contributed by atoms with Gasteiger partial charge < -0.3 is 10.1 Å². The van der Waals surface area contributed by atoms with Gasteiger partial charge in [-0.1, -0.05) is 25.1 Å². The minimum absolute atomic E-state index is 0.155. The highest BCUT2D eigenvalue weighted by molar-refractivity contribution is 6.21. The predicted molar refractivity (Wildman–Crippen MR) is 108 cm³/mol. The molecule has 160 valence electrons. The first kappa shape index (κ1) is 20.6. The van der Waals surface area contributed by atoms with E-state index < -0.39 is 30.1 Å². The van der Waals surface area contributed by atoms with Crippen LogP contribution < -0.4 is 15.0 Å². The van der Waals surface area contributed by atoms with Gasteiger partial charge in [-0.05, 0) is 48.4 Å². The molecule has 31 heavy (non-hydrogen) atoms. The van der Waals surface area contributed by atoms with Crippen LogP contribution in [-0.2, 0) is 4.79 Å². The van der Waals surface area contributed by atoms with Gasteiger partial charge in [0.15, 0.2) is 0 Å². The van der Waals surface area contributed by atoms with Crippen LogP contribution in [0.2, 0.25) is 0 Å². The van der Waals surface area contributed by atoms with Crippen molar-refractivity contribution >= 4 is 28.5 Å². The third-order valence-electron chi connectivity index (χ3n) is 5.29. The molecule has 0 spiro atoms. The minimum atomic E-state index is -4.82. The van der Waals surface area contributed by atoms with Crippen molar-refractivity contribution in [2.24, 2.45) is 0 Å². The molecule has 1 aromatic heterocycles. The lowest BCUT2D eigenvalue weighted by atomic mass is 9.90. The summed E-state index contributed by atoms with van der Waals surface area (Å²) >= 11 is 0. The van der Waals surface area contributed by atoms with Gasteiger partial charge in [-0.2, -0.15) is 0 Å². The molecule has 2 unspecified atom stereocenters. The zero-order valence-electron chi connectivity index (χ0n) is 16.6. The molecule has 1 saturated heterocycles. The molecular formula is C22H18F3N3O3. The molecule has 6 nitrogen and oxygen atoms in total. The fourth-order valence-corrected chi connectivity index (χ4v) is 3.80. The maximum Gasteiger partial charge on any atom is 0.573 e. The molecule has 1 aliphatic heterocycles. The van der Waals surface area contributed by atoms with Crippen molar-refractivity contribution in [2.75, 3.05) is 4.90 Å². The fraction of sp³-hybridized carbons (Fsp3) is 0.227. The molecule has 1 aliphatic rings. The Kier molecular flexibility index (Phi) is 5.04. The van der Waals surface area contributed by atoms with Crippen LogP contribution in [-0.4, -0.2) is 29.3 Å². The number of hydrogen-bond acceptors (Lipinski definition) is 4. The number of benzene rings is 2. The number of nitrogens with zero attached hydrogens (tertiary/aromatic N) is 2. The van der Waals surface area contributed by atoms with E-state index in [-0.39, 0.29) is 11.6 Å². The molecule has 3 aromatic rings. The van der Waals surface area contributed by atoms with Crippen LogP contribution >= 0.6 is 0 Å². The van der Waals surface area contributed by atoms with E-state index in [1.807, 2.05) is 38.1 Å². The van der Waals surface area contributed by atoms with Gasteiger partial charge in [0, 0.05) is 17.5 Å². The summed E-state index contributed by atoms with van der Waals surface area (Å²) < 4.78 is 40.9. The Bertz CT molecular complexity index is 1160. The summed E-state index contributed by atoms with van der Waals surface area (Å²) in [6.07, 6.45) is -3.16. The number of para-hydroxylation sites is 1. The number of hydrogen-bond donors (Lipinski definition) is 1. The van der Waals surface area contributed by atoms with Gasteiger partial charge in [-0.25, -0.2) is 9.69 Å². The lowest BCUT2D eigenvalue weighted by molar-refractivity contribution is -0.274. The van der Waals surface area contributed by atoms with Crippen LogP contribution in [0.15, 0.2) is 54.7 Å². The molecule has 1 N–H and O–H groups in total. The number of aryl methyl sites for hydroxylation is 1. The van der Waals surface area contributed by atoms with Crippen LogP contribution in [0.5, 0.6) is 5.75 Å². The van der Waals surface area contributed by atoms with Crippen LogP contribution in [0, 0.1) is 6.92 Å². The predicted octanol–water partition coefficient (Wildman–Crippen LogP) is 4.67. The van der Waals surface area contributed by atoms with Gasteiger partial charge >= 0.3 is 12.4 Å². The molecule has 0 radical (unpaired) electrons. The molecule has 2 heterocycles. The first-order valence-electron chi connectivity index (χ1n) is 9.50. The Morgan fingerprint density at radius 1 is 1.10 bits per heavy atom. The third kappa shape index (κ3) is 3.90. The van der Waals surface area contributed by atoms with Gasteiger partial charge in [-0.15, -0.1) is 13.2 Å². The standard InChI is InChI=1S/C22H18F3N3O3/c1-12-4-3-5-17-16(10-11-26-18(12)17)13(2)19-20(29)28(21(30)27-19)14-6-8-15(9-7-14)31-22(23,24)25/h3-11,13,19H,1-2H3,(H,27,30). The lowest BCUT2D eigenvalue weighted by Gasteiger charge is -2.20. The summed E-state index contributed by atoms with van der Waals surface area (Å²) in [6, 6.07) is 10.7. The third-order valence-corrected chi connectivity index (χ3v) is 5.29. The number of ether oxygens (including phenoxy) is 1. The highest BCUT2D eigenvalue weighted by atomic mass is 19.4. The number of halogens is 3. The molecule has 0 aliphatic carbocycles. The fourth-order valence-electron chi connectivity index (χ4n) is 3.80. The van der Waals surface area contributed by atoms with Crippen LogP contribution in [0.3, 0.4) is 0 Å². The van der Waals surface area contributed by atoms with E-state index in [1.165, 1.54) is 12.1 Å². The van der Waals surface area contributed by atoms with Crippen molar-refractivity contribution in [3.63, 3.8) is 0 Å². The second-order valence-corrected chi connectivity index (χ2v) is 7.30. The van der Waals surface area contributed by atoms with Crippen molar-refractivity contribution in [1.29, 1.82) is 0 Å². The SMILES string of the molecule is Cc1cccc2c(C(C)C3NC(=O)N(c4ccc(OC(F)(F)F)cc4)C3=O)ccnc12. The zero-order chi connectivity index (χ0) is 22.3. The van der Waals surface area contributed by atoms with E-state index in [9.17, 15) is 22.8 Å². The number of aromatic nitrogens is 1. The number of imide groups is 1. The van der Waals surface area contributed by atoms with Gasteiger partial charge in [0.1, 0.15) is 11.8 Å². The number of amides is 3. The summed E-state index contributed by atoms with van der Waals surface area (Å²) in [5, 5.41) is 3.58. The topological polar surface area (TPSA) is 71.5 Å². The lowest BCUT2D eigenvalue weighted by Crippen LogP contribution is -2.35. The maximum absolute atomic E-state index is 13.1. The quantitative estimate of drug-likeness (QED) is 0.612. The van der Waals surface area contributed by atoms with Crippen LogP contribution in [0.1, 0.15) is 24.0 Å². The number of anilines is 1. The van der Waals surface area contributed by atoms with E-state index in [0.29, 0.717) is 0 Å². The number of pyridine rings is 1. The summed E-state index contributed by atoms with van der Waals surface area (Å²) in [7, 11) is 0. The van der Waals surface area contributed by atoms with Gasteiger partial charge in [0.2, 0.25) is 0 Å². The Hall–Kier alpha value is -3.62. The Labute approximate surface area is 175 Å². The molecule has 2 atom stereocenters. The first-order valence-corrected chi connectivity index (χ1v) is 9.50. The number of carbonyl (C=O) groups is 2. The average molecular weight is 429 g/mol.